The van der Waals surface area contributed by atoms with Crippen LogP contribution in [-0.4, -0.2) is 24.7 Å². The van der Waals surface area contributed by atoms with Crippen molar-refractivity contribution in [3.63, 3.8) is 0 Å². The van der Waals surface area contributed by atoms with Gasteiger partial charge in [-0.3, -0.25) is 11.3 Å². The molecule has 1 aromatic rings. The van der Waals surface area contributed by atoms with Gasteiger partial charge in [-0.25, -0.2) is 0 Å². The first kappa shape index (κ1) is 16.1. The van der Waals surface area contributed by atoms with Gasteiger partial charge in [0.25, 0.3) is 0 Å². The third-order valence-corrected chi connectivity index (χ3v) is 4.06. The molecule has 19 heavy (non-hydrogen) atoms. The molecule has 0 saturated carbocycles. The highest BCUT2D eigenvalue weighted by Crippen LogP contribution is 2.33. The van der Waals surface area contributed by atoms with E-state index in [0.29, 0.717) is 0 Å². The second-order valence-corrected chi connectivity index (χ2v) is 7.10. The summed E-state index contributed by atoms with van der Waals surface area (Å²) in [6.07, 6.45) is 0. The van der Waals surface area contributed by atoms with Crippen LogP contribution in [0.25, 0.3) is 0 Å². The summed E-state index contributed by atoms with van der Waals surface area (Å²) < 4.78 is 10.9. The Morgan fingerprint density at radius 3 is 2.42 bits per heavy atom. The summed E-state index contributed by atoms with van der Waals surface area (Å²) in [6, 6.07) is 5.77. The molecule has 1 rings (SSSR count). The lowest BCUT2D eigenvalue weighted by Crippen LogP contribution is -2.31. The average molecular weight is 284 g/mol. The lowest BCUT2D eigenvalue weighted by atomic mass is 10.1. The molecule has 3 N–H and O–H groups in total. The van der Waals surface area contributed by atoms with Gasteiger partial charge in [0.05, 0.1) is 20.3 Å². The maximum absolute atomic E-state index is 5.69. The van der Waals surface area contributed by atoms with Crippen LogP contribution in [-0.2, 0) is 0 Å². The lowest BCUT2D eigenvalue weighted by Gasteiger charge is -2.24. The zero-order valence-corrected chi connectivity index (χ0v) is 13.1. The second kappa shape index (κ2) is 7.03. The number of benzene rings is 1. The van der Waals surface area contributed by atoms with Gasteiger partial charge in [0.2, 0.25) is 0 Å². The van der Waals surface area contributed by atoms with E-state index in [1.807, 2.05) is 30.0 Å². The van der Waals surface area contributed by atoms with Gasteiger partial charge in [0.1, 0.15) is 11.5 Å². The van der Waals surface area contributed by atoms with E-state index in [4.69, 9.17) is 15.3 Å². The SMILES string of the molecule is COc1ccc(OC)c(C(CSC(C)(C)C)NN)c1. The van der Waals surface area contributed by atoms with Gasteiger partial charge in [-0.2, -0.15) is 11.8 Å². The summed E-state index contributed by atoms with van der Waals surface area (Å²) in [5.74, 6) is 8.17. The van der Waals surface area contributed by atoms with Gasteiger partial charge in [0.15, 0.2) is 0 Å². The molecule has 108 valence electrons. The maximum Gasteiger partial charge on any atom is 0.123 e. The summed E-state index contributed by atoms with van der Waals surface area (Å²) in [5.41, 5.74) is 3.88. The van der Waals surface area contributed by atoms with E-state index in [1.54, 1.807) is 14.2 Å². The van der Waals surface area contributed by atoms with Gasteiger partial charge < -0.3 is 9.47 Å². The highest BCUT2D eigenvalue weighted by atomic mass is 32.2. The number of hydrogen-bond acceptors (Lipinski definition) is 5. The number of hydrogen-bond donors (Lipinski definition) is 2. The molecule has 0 saturated heterocycles. The topological polar surface area (TPSA) is 56.5 Å². The van der Waals surface area contributed by atoms with E-state index in [1.165, 1.54) is 0 Å². The Morgan fingerprint density at radius 1 is 1.26 bits per heavy atom. The van der Waals surface area contributed by atoms with Crippen molar-refractivity contribution in [1.82, 2.24) is 5.43 Å². The van der Waals surface area contributed by atoms with Crippen molar-refractivity contribution in [3.05, 3.63) is 23.8 Å². The Balaban J connectivity index is 2.95. The van der Waals surface area contributed by atoms with Crippen LogP contribution in [0.2, 0.25) is 0 Å². The van der Waals surface area contributed by atoms with E-state index in [9.17, 15) is 0 Å². The fourth-order valence-electron chi connectivity index (χ4n) is 1.67. The molecule has 0 aliphatic carbocycles. The van der Waals surface area contributed by atoms with E-state index in [0.717, 1.165) is 22.8 Å². The molecule has 0 spiro atoms. The van der Waals surface area contributed by atoms with E-state index < -0.39 is 0 Å². The summed E-state index contributed by atoms with van der Waals surface area (Å²) in [7, 11) is 3.32. The lowest BCUT2D eigenvalue weighted by molar-refractivity contribution is 0.392. The van der Waals surface area contributed by atoms with Crippen LogP contribution in [0, 0.1) is 0 Å². The maximum atomic E-state index is 5.69. The summed E-state index contributed by atoms with van der Waals surface area (Å²) in [5, 5.41) is 0. The summed E-state index contributed by atoms with van der Waals surface area (Å²) in [4.78, 5) is 0. The normalized spacial score (nSPS) is 13.2. The predicted molar refractivity (Wildman–Crippen MR) is 81.8 cm³/mol. The van der Waals surface area contributed by atoms with Crippen LogP contribution in [0.4, 0.5) is 0 Å². The standard InChI is InChI=1S/C14H24N2O2S/c1-14(2,3)19-9-12(16-15)11-8-10(17-4)6-7-13(11)18-5/h6-8,12,16H,9,15H2,1-5H3. The molecule has 4 nitrogen and oxygen atoms in total. The Labute approximate surface area is 120 Å². The van der Waals surface area contributed by atoms with Gasteiger partial charge >= 0.3 is 0 Å². The molecule has 1 unspecified atom stereocenters. The largest absolute Gasteiger partial charge is 0.497 e. The fraction of sp³-hybridized carbons (Fsp3) is 0.571. The fourth-order valence-corrected chi connectivity index (χ4v) is 2.62. The van der Waals surface area contributed by atoms with Gasteiger partial charge in [-0.15, -0.1) is 0 Å². The van der Waals surface area contributed by atoms with Crippen molar-refractivity contribution < 1.29 is 9.47 Å². The predicted octanol–water partition coefficient (Wildman–Crippen LogP) is 2.74. The van der Waals surface area contributed by atoms with Gasteiger partial charge in [0, 0.05) is 16.1 Å². The monoisotopic (exact) mass is 284 g/mol. The van der Waals surface area contributed by atoms with E-state index >= 15 is 0 Å². The van der Waals surface area contributed by atoms with E-state index in [2.05, 4.69) is 26.2 Å². The molecule has 0 heterocycles. The second-order valence-electron chi connectivity index (χ2n) is 5.25. The first-order valence-electron chi connectivity index (χ1n) is 6.23. The molecule has 0 bridgehead atoms. The highest BCUT2D eigenvalue weighted by molar-refractivity contribution is 8.00. The quantitative estimate of drug-likeness (QED) is 0.621. The van der Waals surface area contributed by atoms with Gasteiger partial charge in [-0.05, 0) is 18.2 Å². The van der Waals surface area contributed by atoms with Crippen molar-refractivity contribution in [2.75, 3.05) is 20.0 Å². The smallest absolute Gasteiger partial charge is 0.123 e. The Hall–Kier alpha value is -0.910. The molecule has 0 amide bonds. The molecule has 0 fully saturated rings. The minimum absolute atomic E-state index is 0.0225. The Kier molecular flexibility index (Phi) is 5.97. The minimum atomic E-state index is 0.0225. The number of thioether (sulfide) groups is 1. The van der Waals surface area contributed by atoms with Crippen molar-refractivity contribution in [3.8, 4) is 11.5 Å². The zero-order valence-electron chi connectivity index (χ0n) is 12.3. The van der Waals surface area contributed by atoms with Crippen molar-refractivity contribution in [1.29, 1.82) is 0 Å². The molecule has 0 aliphatic rings. The number of ether oxygens (including phenoxy) is 2. The first-order valence-corrected chi connectivity index (χ1v) is 7.22. The Bertz CT molecular complexity index is 405. The number of hydrazine groups is 1. The number of nitrogens with two attached hydrogens (primary N) is 1. The first-order chi connectivity index (χ1) is 8.91. The third kappa shape index (κ3) is 4.93. The molecule has 1 atom stereocenters. The van der Waals surface area contributed by atoms with E-state index in [-0.39, 0.29) is 10.8 Å². The van der Waals surface area contributed by atoms with Crippen molar-refractivity contribution in [2.24, 2.45) is 5.84 Å². The van der Waals surface area contributed by atoms with Crippen LogP contribution < -0.4 is 20.7 Å². The number of nitrogens with one attached hydrogen (secondary N) is 1. The summed E-state index contributed by atoms with van der Waals surface area (Å²) >= 11 is 1.85. The molecule has 0 radical (unpaired) electrons. The third-order valence-electron chi connectivity index (χ3n) is 2.70. The highest BCUT2D eigenvalue weighted by Gasteiger charge is 2.19. The zero-order chi connectivity index (χ0) is 14.5. The minimum Gasteiger partial charge on any atom is -0.497 e. The molecule has 5 heteroatoms. The average Bonchev–Trinajstić information content (AvgIpc) is 2.38. The van der Waals surface area contributed by atoms with Crippen LogP contribution in [0.3, 0.4) is 0 Å². The van der Waals surface area contributed by atoms with Crippen LogP contribution in [0.1, 0.15) is 32.4 Å². The number of rotatable bonds is 6. The molecular formula is C14H24N2O2S. The van der Waals surface area contributed by atoms with Crippen LogP contribution in [0.5, 0.6) is 11.5 Å². The van der Waals surface area contributed by atoms with Crippen molar-refractivity contribution in [2.45, 2.75) is 31.6 Å². The van der Waals surface area contributed by atoms with Gasteiger partial charge in [-0.1, -0.05) is 20.8 Å². The molecule has 1 aromatic carbocycles. The van der Waals surface area contributed by atoms with Crippen molar-refractivity contribution >= 4 is 11.8 Å². The van der Waals surface area contributed by atoms with Crippen LogP contribution in [0.15, 0.2) is 18.2 Å². The number of methoxy groups -OCH3 is 2. The molecular weight excluding hydrogens is 260 g/mol. The molecule has 0 aliphatic heterocycles. The summed E-state index contributed by atoms with van der Waals surface area (Å²) in [6.45, 7) is 6.57. The Morgan fingerprint density at radius 2 is 1.95 bits per heavy atom. The molecule has 0 aromatic heterocycles. The van der Waals surface area contributed by atoms with Crippen LogP contribution >= 0.6 is 11.8 Å².